The molecule has 0 radical (unpaired) electrons. The Kier molecular flexibility index (Phi) is 3.30. The van der Waals surface area contributed by atoms with Gasteiger partial charge < -0.3 is 9.64 Å². The van der Waals surface area contributed by atoms with E-state index in [9.17, 15) is 9.59 Å². The summed E-state index contributed by atoms with van der Waals surface area (Å²) in [4.78, 5) is 32.3. The molecule has 2 saturated heterocycles. The van der Waals surface area contributed by atoms with Crippen molar-refractivity contribution in [1.29, 1.82) is 0 Å². The van der Waals surface area contributed by atoms with E-state index < -0.39 is 5.60 Å². The summed E-state index contributed by atoms with van der Waals surface area (Å²) in [6.45, 7) is 1.61. The molecule has 0 unspecified atom stereocenters. The van der Waals surface area contributed by atoms with E-state index in [0.717, 1.165) is 0 Å². The maximum Gasteiger partial charge on any atom is 0.257 e. The molecule has 1 aromatic rings. The lowest BCUT2D eigenvalue weighted by Gasteiger charge is -2.45. The summed E-state index contributed by atoms with van der Waals surface area (Å²) in [5.41, 5.74) is 0.0351. The van der Waals surface area contributed by atoms with E-state index in [4.69, 9.17) is 9.57 Å². The molecular formula is C17H20N2O4. The van der Waals surface area contributed by atoms with Gasteiger partial charge in [0.05, 0.1) is 38.7 Å². The molecule has 3 aliphatic rings. The molecule has 1 aliphatic carbocycles. The second-order valence-corrected chi connectivity index (χ2v) is 6.71. The largest absolute Gasteiger partial charge is 0.496 e. The Morgan fingerprint density at radius 2 is 2.09 bits per heavy atom. The van der Waals surface area contributed by atoms with Crippen molar-refractivity contribution in [3.8, 4) is 5.75 Å². The number of para-hydroxylation sites is 1. The Labute approximate surface area is 134 Å². The number of ether oxygens (including phenoxy) is 1. The van der Waals surface area contributed by atoms with Crippen molar-refractivity contribution in [3.63, 3.8) is 0 Å². The SMILES string of the molecule is COc1ccccc1C(=O)N1CC2(CC(=O)N(CC3CC3)O2)C1. The van der Waals surface area contributed by atoms with E-state index in [1.807, 2.05) is 12.1 Å². The lowest BCUT2D eigenvalue weighted by Crippen LogP contribution is -2.63. The van der Waals surface area contributed by atoms with Crippen LogP contribution in [-0.2, 0) is 9.63 Å². The average molecular weight is 316 g/mol. The molecule has 3 fully saturated rings. The average Bonchev–Trinajstić information content (AvgIpc) is 3.28. The third kappa shape index (κ3) is 2.57. The van der Waals surface area contributed by atoms with Gasteiger partial charge >= 0.3 is 0 Å². The Hall–Kier alpha value is -2.08. The van der Waals surface area contributed by atoms with Gasteiger partial charge in [0.25, 0.3) is 5.91 Å². The number of hydrogen-bond donors (Lipinski definition) is 0. The number of rotatable bonds is 4. The fraction of sp³-hybridized carbons (Fsp3) is 0.529. The van der Waals surface area contributed by atoms with Gasteiger partial charge in [-0.2, -0.15) is 0 Å². The van der Waals surface area contributed by atoms with Crippen LogP contribution in [0.5, 0.6) is 5.75 Å². The Balaban J connectivity index is 1.41. The molecule has 122 valence electrons. The molecule has 0 aromatic heterocycles. The minimum Gasteiger partial charge on any atom is -0.496 e. The molecule has 1 spiro atoms. The standard InChI is InChI=1S/C17H20N2O4/c1-22-14-5-3-2-4-13(14)16(21)18-10-17(11-18)8-15(20)19(23-17)9-12-6-7-12/h2-5,12H,6-11H2,1H3. The first kappa shape index (κ1) is 14.5. The number of nitrogens with zero attached hydrogens (tertiary/aromatic N) is 2. The van der Waals surface area contributed by atoms with Crippen LogP contribution in [0, 0.1) is 5.92 Å². The van der Waals surface area contributed by atoms with Crippen molar-refractivity contribution < 1.29 is 19.2 Å². The van der Waals surface area contributed by atoms with E-state index in [0.29, 0.717) is 43.3 Å². The first-order valence-electron chi connectivity index (χ1n) is 8.02. The van der Waals surface area contributed by atoms with Gasteiger partial charge in [0.1, 0.15) is 11.4 Å². The quantitative estimate of drug-likeness (QED) is 0.844. The molecule has 23 heavy (non-hydrogen) atoms. The van der Waals surface area contributed by atoms with Crippen LogP contribution < -0.4 is 4.74 Å². The van der Waals surface area contributed by atoms with Crippen LogP contribution >= 0.6 is 0 Å². The number of carbonyl (C=O) groups excluding carboxylic acids is 2. The van der Waals surface area contributed by atoms with E-state index >= 15 is 0 Å². The zero-order valence-electron chi connectivity index (χ0n) is 13.2. The molecule has 6 nitrogen and oxygen atoms in total. The molecule has 0 atom stereocenters. The Morgan fingerprint density at radius 1 is 1.35 bits per heavy atom. The first-order chi connectivity index (χ1) is 11.1. The second kappa shape index (κ2) is 5.23. The highest BCUT2D eigenvalue weighted by Gasteiger charge is 2.55. The predicted molar refractivity (Wildman–Crippen MR) is 81.8 cm³/mol. The molecule has 1 aromatic carbocycles. The third-order valence-electron chi connectivity index (χ3n) is 4.76. The topological polar surface area (TPSA) is 59.1 Å². The van der Waals surface area contributed by atoms with E-state index in [2.05, 4.69) is 0 Å². The summed E-state index contributed by atoms with van der Waals surface area (Å²) in [7, 11) is 1.55. The number of carbonyl (C=O) groups is 2. The normalized spacial score (nSPS) is 22.4. The molecule has 2 heterocycles. The molecule has 4 rings (SSSR count). The van der Waals surface area contributed by atoms with Gasteiger partial charge in [0.2, 0.25) is 5.91 Å². The van der Waals surface area contributed by atoms with Crippen LogP contribution in [0.1, 0.15) is 29.6 Å². The molecule has 6 heteroatoms. The molecule has 0 bridgehead atoms. The predicted octanol–water partition coefficient (Wildman–Crippen LogP) is 1.46. The highest BCUT2D eigenvalue weighted by atomic mass is 16.7. The fourth-order valence-electron chi connectivity index (χ4n) is 3.31. The third-order valence-corrected chi connectivity index (χ3v) is 4.76. The zero-order chi connectivity index (χ0) is 16.0. The van der Waals surface area contributed by atoms with Gasteiger partial charge in [-0.25, -0.2) is 5.06 Å². The summed E-state index contributed by atoms with van der Waals surface area (Å²) in [6.07, 6.45) is 2.73. The van der Waals surface area contributed by atoms with Gasteiger partial charge in [0.15, 0.2) is 0 Å². The van der Waals surface area contributed by atoms with E-state index in [1.165, 1.54) is 17.9 Å². The van der Waals surface area contributed by atoms with Crippen molar-refractivity contribution in [2.45, 2.75) is 24.9 Å². The fourth-order valence-corrected chi connectivity index (χ4v) is 3.31. The summed E-state index contributed by atoms with van der Waals surface area (Å²) in [5, 5.41) is 1.52. The van der Waals surface area contributed by atoms with Crippen LogP contribution in [-0.4, -0.2) is 54.1 Å². The van der Waals surface area contributed by atoms with Crippen LogP contribution in [0.4, 0.5) is 0 Å². The highest BCUT2D eigenvalue weighted by molar-refractivity contribution is 5.97. The number of benzene rings is 1. The summed E-state index contributed by atoms with van der Waals surface area (Å²) in [5.74, 6) is 1.13. The minimum absolute atomic E-state index is 0.0429. The van der Waals surface area contributed by atoms with Gasteiger partial charge in [-0.05, 0) is 30.9 Å². The summed E-state index contributed by atoms with van der Waals surface area (Å²) >= 11 is 0. The second-order valence-electron chi connectivity index (χ2n) is 6.71. The molecular weight excluding hydrogens is 296 g/mol. The highest BCUT2D eigenvalue weighted by Crippen LogP contribution is 2.39. The van der Waals surface area contributed by atoms with E-state index in [1.54, 1.807) is 24.1 Å². The first-order valence-corrected chi connectivity index (χ1v) is 8.02. The monoisotopic (exact) mass is 316 g/mol. The summed E-state index contributed by atoms with van der Waals surface area (Å²) in [6, 6.07) is 7.18. The van der Waals surface area contributed by atoms with Crippen LogP contribution in [0.15, 0.2) is 24.3 Å². The maximum atomic E-state index is 12.6. The lowest BCUT2D eigenvalue weighted by atomic mass is 9.90. The van der Waals surface area contributed by atoms with Gasteiger partial charge in [-0.15, -0.1) is 0 Å². The van der Waals surface area contributed by atoms with Gasteiger partial charge in [0, 0.05) is 0 Å². The van der Waals surface area contributed by atoms with Crippen molar-refractivity contribution >= 4 is 11.8 Å². The number of methoxy groups -OCH3 is 1. The van der Waals surface area contributed by atoms with Crippen LogP contribution in [0.3, 0.4) is 0 Å². The van der Waals surface area contributed by atoms with Crippen molar-refractivity contribution in [2.24, 2.45) is 5.92 Å². The van der Waals surface area contributed by atoms with Crippen molar-refractivity contribution in [2.75, 3.05) is 26.7 Å². The molecule has 2 amide bonds. The summed E-state index contributed by atoms with van der Waals surface area (Å²) < 4.78 is 5.25. The van der Waals surface area contributed by atoms with Crippen molar-refractivity contribution in [1.82, 2.24) is 9.96 Å². The number of amides is 2. The number of hydrogen-bond acceptors (Lipinski definition) is 4. The lowest BCUT2D eigenvalue weighted by molar-refractivity contribution is -0.230. The smallest absolute Gasteiger partial charge is 0.257 e. The Morgan fingerprint density at radius 3 is 2.78 bits per heavy atom. The van der Waals surface area contributed by atoms with Gasteiger partial charge in [-0.1, -0.05) is 12.1 Å². The molecule has 0 N–H and O–H groups in total. The van der Waals surface area contributed by atoms with Crippen LogP contribution in [0.2, 0.25) is 0 Å². The molecule has 1 saturated carbocycles. The van der Waals surface area contributed by atoms with Crippen LogP contribution in [0.25, 0.3) is 0 Å². The number of likely N-dealkylation sites (tertiary alicyclic amines) is 1. The zero-order valence-corrected chi connectivity index (χ0v) is 13.2. The van der Waals surface area contributed by atoms with E-state index in [-0.39, 0.29) is 11.8 Å². The maximum absolute atomic E-state index is 12.6. The van der Waals surface area contributed by atoms with Crippen molar-refractivity contribution in [3.05, 3.63) is 29.8 Å². The van der Waals surface area contributed by atoms with Gasteiger partial charge in [-0.3, -0.25) is 14.4 Å². The number of hydroxylamine groups is 2. The minimum atomic E-state index is -0.510. The molecule has 2 aliphatic heterocycles. The Bertz CT molecular complexity index is 650.